The van der Waals surface area contributed by atoms with Crippen LogP contribution in [0, 0.1) is 0 Å². The highest BCUT2D eigenvalue weighted by molar-refractivity contribution is 7.17. The van der Waals surface area contributed by atoms with E-state index in [0.717, 1.165) is 15.6 Å². The Kier molecular flexibility index (Phi) is 3.49. The van der Waals surface area contributed by atoms with E-state index in [1.54, 1.807) is 25.6 Å². The Morgan fingerprint density at radius 1 is 1.24 bits per heavy atom. The van der Waals surface area contributed by atoms with Crippen molar-refractivity contribution in [3.05, 3.63) is 23.1 Å². The predicted octanol–water partition coefficient (Wildman–Crippen LogP) is 2.50. The molecule has 0 unspecified atom stereocenters. The van der Waals surface area contributed by atoms with E-state index in [0.29, 0.717) is 11.5 Å². The average molecular weight is 251 g/mol. The van der Waals surface area contributed by atoms with Gasteiger partial charge >= 0.3 is 6.47 Å². The van der Waals surface area contributed by atoms with Gasteiger partial charge in [-0.3, -0.25) is 0 Å². The van der Waals surface area contributed by atoms with Crippen molar-refractivity contribution in [1.29, 1.82) is 0 Å². The van der Waals surface area contributed by atoms with Gasteiger partial charge in [0.1, 0.15) is 6.61 Å². The molecular formula is C12H11O4S. The molecule has 2 aromatic rings. The molecule has 17 heavy (non-hydrogen) atoms. The Morgan fingerprint density at radius 3 is 2.59 bits per heavy atom. The number of fused-ring (bicyclic) bond motifs is 1. The van der Waals surface area contributed by atoms with Crippen LogP contribution < -0.4 is 9.47 Å². The van der Waals surface area contributed by atoms with Crippen LogP contribution in [0.4, 0.5) is 0 Å². The fraction of sp³-hybridized carbons (Fsp3) is 0.250. The molecule has 5 heteroatoms. The van der Waals surface area contributed by atoms with Crippen LogP contribution >= 0.6 is 11.3 Å². The van der Waals surface area contributed by atoms with Gasteiger partial charge in [-0.15, -0.1) is 11.3 Å². The molecule has 2 rings (SSSR count). The van der Waals surface area contributed by atoms with Gasteiger partial charge in [-0.05, 0) is 11.4 Å². The quantitative estimate of drug-likeness (QED) is 0.819. The second kappa shape index (κ2) is 5.05. The van der Waals surface area contributed by atoms with Crippen molar-refractivity contribution >= 4 is 27.9 Å². The van der Waals surface area contributed by atoms with E-state index < -0.39 is 0 Å². The predicted molar refractivity (Wildman–Crippen MR) is 65.4 cm³/mol. The minimum atomic E-state index is 0.221. The zero-order valence-electron chi connectivity index (χ0n) is 9.48. The van der Waals surface area contributed by atoms with Crippen molar-refractivity contribution in [2.75, 3.05) is 14.2 Å². The second-order valence-corrected chi connectivity index (χ2v) is 4.25. The summed E-state index contributed by atoms with van der Waals surface area (Å²) in [5.41, 5.74) is 0.939. The summed E-state index contributed by atoms with van der Waals surface area (Å²) in [6.07, 6.45) is 0. The number of ether oxygens (including phenoxy) is 3. The number of rotatable bonds is 5. The molecule has 89 valence electrons. The van der Waals surface area contributed by atoms with E-state index in [2.05, 4.69) is 4.74 Å². The first-order valence-corrected chi connectivity index (χ1v) is 5.79. The van der Waals surface area contributed by atoms with Gasteiger partial charge in [0.05, 0.1) is 14.2 Å². The lowest BCUT2D eigenvalue weighted by atomic mass is 10.1. The fourth-order valence-corrected chi connectivity index (χ4v) is 2.58. The van der Waals surface area contributed by atoms with Gasteiger partial charge in [-0.25, -0.2) is 4.79 Å². The minimum Gasteiger partial charge on any atom is -0.493 e. The minimum absolute atomic E-state index is 0.221. The molecule has 0 spiro atoms. The van der Waals surface area contributed by atoms with E-state index in [4.69, 9.17) is 9.47 Å². The van der Waals surface area contributed by atoms with Crippen LogP contribution in [0.25, 0.3) is 10.1 Å². The molecule has 0 aliphatic carbocycles. The smallest absolute Gasteiger partial charge is 0.417 e. The molecule has 0 aliphatic rings. The van der Waals surface area contributed by atoms with Gasteiger partial charge in [0.15, 0.2) is 11.5 Å². The topological polar surface area (TPSA) is 44.8 Å². The molecule has 0 atom stereocenters. The Balaban J connectivity index is 2.48. The molecule has 0 saturated heterocycles. The number of hydrogen-bond donors (Lipinski definition) is 0. The number of methoxy groups -OCH3 is 2. The summed E-state index contributed by atoms with van der Waals surface area (Å²) in [5, 5.41) is 2.95. The number of carbonyl (C=O) groups excluding carboxylic acids is 1. The first-order valence-electron chi connectivity index (χ1n) is 4.91. The first-order chi connectivity index (χ1) is 8.30. The standard InChI is InChI=1S/C12H11O4S/c1-14-10-3-9-8(5-16-7-13)6-17-12(9)4-11(10)15-2/h3-4,6H,5H2,1-2H3. The van der Waals surface area contributed by atoms with Gasteiger partial charge in [0.2, 0.25) is 0 Å². The fourth-order valence-electron chi connectivity index (χ4n) is 1.63. The van der Waals surface area contributed by atoms with Crippen LogP contribution in [-0.2, 0) is 16.1 Å². The van der Waals surface area contributed by atoms with Crippen molar-refractivity contribution in [3.63, 3.8) is 0 Å². The van der Waals surface area contributed by atoms with Gasteiger partial charge in [0, 0.05) is 21.7 Å². The molecule has 0 amide bonds. The first kappa shape index (κ1) is 11.7. The summed E-state index contributed by atoms with van der Waals surface area (Å²) in [5.74, 6) is 1.35. The zero-order chi connectivity index (χ0) is 12.3. The van der Waals surface area contributed by atoms with Gasteiger partial charge in [-0.1, -0.05) is 0 Å². The molecule has 0 bridgehead atoms. The Bertz CT molecular complexity index is 533. The van der Waals surface area contributed by atoms with Crippen LogP contribution in [-0.4, -0.2) is 20.7 Å². The Morgan fingerprint density at radius 2 is 1.94 bits per heavy atom. The molecule has 1 heterocycles. The van der Waals surface area contributed by atoms with Crippen molar-refractivity contribution in [2.45, 2.75) is 6.61 Å². The van der Waals surface area contributed by atoms with Crippen LogP contribution in [0.1, 0.15) is 5.56 Å². The maximum absolute atomic E-state index is 10.1. The Labute approximate surface area is 103 Å². The summed E-state index contributed by atoms with van der Waals surface area (Å²) in [6.45, 7) is 1.64. The van der Waals surface area contributed by atoms with E-state index in [1.165, 1.54) is 6.47 Å². The molecule has 1 radical (unpaired) electrons. The molecular weight excluding hydrogens is 240 g/mol. The van der Waals surface area contributed by atoms with E-state index >= 15 is 0 Å². The summed E-state index contributed by atoms with van der Waals surface area (Å²) < 4.78 is 16.2. The summed E-state index contributed by atoms with van der Waals surface area (Å²) in [4.78, 5) is 10.1. The Hall–Kier alpha value is -1.75. The van der Waals surface area contributed by atoms with Crippen molar-refractivity contribution < 1.29 is 19.0 Å². The SMILES string of the molecule is COc1cc2scc(CO[C]=O)c2cc1OC. The molecule has 1 aromatic heterocycles. The highest BCUT2D eigenvalue weighted by atomic mass is 32.1. The lowest BCUT2D eigenvalue weighted by molar-refractivity contribution is 0.268. The summed E-state index contributed by atoms with van der Waals surface area (Å²) in [7, 11) is 3.19. The van der Waals surface area contributed by atoms with Crippen molar-refractivity contribution in [1.82, 2.24) is 0 Å². The molecule has 0 saturated carbocycles. The molecule has 1 aromatic carbocycles. The van der Waals surface area contributed by atoms with Gasteiger partial charge in [-0.2, -0.15) is 0 Å². The van der Waals surface area contributed by atoms with E-state index in [1.807, 2.05) is 17.5 Å². The highest BCUT2D eigenvalue weighted by Crippen LogP contribution is 2.36. The third-order valence-electron chi connectivity index (χ3n) is 2.45. The normalized spacial score (nSPS) is 10.2. The lowest BCUT2D eigenvalue weighted by Crippen LogP contribution is -1.91. The largest absolute Gasteiger partial charge is 0.493 e. The van der Waals surface area contributed by atoms with Crippen LogP contribution in [0.2, 0.25) is 0 Å². The third kappa shape index (κ3) is 2.19. The maximum atomic E-state index is 10.1. The average Bonchev–Trinajstić information content (AvgIpc) is 2.76. The monoisotopic (exact) mass is 251 g/mol. The lowest BCUT2D eigenvalue weighted by Gasteiger charge is -2.07. The summed E-state index contributed by atoms with van der Waals surface area (Å²) >= 11 is 1.57. The number of hydrogen-bond acceptors (Lipinski definition) is 5. The van der Waals surface area contributed by atoms with Gasteiger partial charge < -0.3 is 14.2 Å². The van der Waals surface area contributed by atoms with Crippen molar-refractivity contribution in [2.24, 2.45) is 0 Å². The molecule has 4 nitrogen and oxygen atoms in total. The van der Waals surface area contributed by atoms with Crippen LogP contribution in [0.5, 0.6) is 11.5 Å². The molecule has 0 aliphatic heterocycles. The molecule has 0 N–H and O–H groups in total. The van der Waals surface area contributed by atoms with Gasteiger partial charge in [0.25, 0.3) is 0 Å². The number of benzene rings is 1. The highest BCUT2D eigenvalue weighted by Gasteiger charge is 2.10. The van der Waals surface area contributed by atoms with E-state index in [9.17, 15) is 4.79 Å². The van der Waals surface area contributed by atoms with Crippen molar-refractivity contribution in [3.8, 4) is 11.5 Å². The zero-order valence-corrected chi connectivity index (χ0v) is 10.3. The van der Waals surface area contributed by atoms with Crippen LogP contribution in [0.15, 0.2) is 17.5 Å². The number of thiophene rings is 1. The molecule has 0 fully saturated rings. The second-order valence-electron chi connectivity index (χ2n) is 3.34. The van der Waals surface area contributed by atoms with Crippen LogP contribution in [0.3, 0.4) is 0 Å². The van der Waals surface area contributed by atoms with E-state index in [-0.39, 0.29) is 6.61 Å². The third-order valence-corrected chi connectivity index (χ3v) is 3.44. The maximum Gasteiger partial charge on any atom is 0.417 e. The summed E-state index contributed by atoms with van der Waals surface area (Å²) in [6, 6.07) is 3.79.